The van der Waals surface area contributed by atoms with Gasteiger partial charge in [0.25, 0.3) is 5.91 Å². The van der Waals surface area contributed by atoms with Gasteiger partial charge in [0.15, 0.2) is 17.2 Å². The van der Waals surface area contributed by atoms with Crippen molar-refractivity contribution >= 4 is 34.8 Å². The Labute approximate surface area is 124 Å². The number of ether oxygens (including phenoxy) is 1. The van der Waals surface area contributed by atoms with Crippen molar-refractivity contribution in [3.05, 3.63) is 39.7 Å². The lowest BCUT2D eigenvalue weighted by Gasteiger charge is -2.07. The highest BCUT2D eigenvalue weighted by molar-refractivity contribution is 6.36. The van der Waals surface area contributed by atoms with Crippen LogP contribution in [0.1, 0.15) is 16.2 Å². The second-order valence-electron chi connectivity index (χ2n) is 3.85. The summed E-state index contributed by atoms with van der Waals surface area (Å²) in [5.41, 5.74) is 0.135. The Kier molecular flexibility index (Phi) is 4.49. The average Bonchev–Trinajstić information content (AvgIpc) is 2.84. The molecule has 0 fully saturated rings. The summed E-state index contributed by atoms with van der Waals surface area (Å²) in [6, 6.07) is 4.17. The van der Waals surface area contributed by atoms with Gasteiger partial charge < -0.3 is 19.7 Å². The van der Waals surface area contributed by atoms with E-state index in [2.05, 4.69) is 10.5 Å². The first-order valence-electron chi connectivity index (χ1n) is 5.45. The number of carbonyl (C=O) groups is 1. The molecule has 0 saturated heterocycles. The van der Waals surface area contributed by atoms with Crippen LogP contribution >= 0.6 is 23.2 Å². The van der Waals surface area contributed by atoms with Crippen LogP contribution in [0.3, 0.4) is 0 Å². The summed E-state index contributed by atoms with van der Waals surface area (Å²) in [4.78, 5) is 11.9. The summed E-state index contributed by atoms with van der Waals surface area (Å²) in [5.74, 6) is -0.430. The number of rotatable bonds is 4. The number of anilines is 1. The van der Waals surface area contributed by atoms with Gasteiger partial charge in [-0.15, -0.1) is 0 Å². The smallest absolute Gasteiger partial charge is 0.277 e. The molecule has 2 rings (SSSR count). The molecule has 1 amide bonds. The summed E-state index contributed by atoms with van der Waals surface area (Å²) >= 11 is 11.6. The molecule has 8 heteroatoms. The maximum absolute atomic E-state index is 11.9. The normalized spacial score (nSPS) is 10.6. The van der Waals surface area contributed by atoms with Crippen LogP contribution in [0.25, 0.3) is 0 Å². The summed E-state index contributed by atoms with van der Waals surface area (Å²) < 4.78 is 9.74. The van der Waals surface area contributed by atoms with Crippen molar-refractivity contribution in [2.45, 2.75) is 6.61 Å². The van der Waals surface area contributed by atoms with E-state index in [0.717, 1.165) is 0 Å². The molecule has 106 valence electrons. The van der Waals surface area contributed by atoms with Crippen LogP contribution in [0.4, 0.5) is 5.69 Å². The standard InChI is InChI=1S/C12H10Cl2N2O4/c1-19-5-7-4-10(16-20-7)12(18)15-9-3-6(13)2-8(14)11(9)17/h2-4,17H,5H2,1H3,(H,15,18). The summed E-state index contributed by atoms with van der Waals surface area (Å²) in [5, 5.41) is 16.1. The third-order valence-electron chi connectivity index (χ3n) is 2.35. The number of aromatic nitrogens is 1. The molecule has 0 radical (unpaired) electrons. The highest BCUT2D eigenvalue weighted by Crippen LogP contribution is 2.35. The van der Waals surface area contributed by atoms with Gasteiger partial charge in [0, 0.05) is 18.2 Å². The molecular weight excluding hydrogens is 307 g/mol. The molecule has 2 N–H and O–H groups in total. The Morgan fingerprint density at radius 3 is 2.90 bits per heavy atom. The maximum atomic E-state index is 11.9. The van der Waals surface area contributed by atoms with Gasteiger partial charge in [-0.05, 0) is 12.1 Å². The van der Waals surface area contributed by atoms with Crippen molar-refractivity contribution in [3.8, 4) is 5.75 Å². The van der Waals surface area contributed by atoms with E-state index in [4.69, 9.17) is 32.5 Å². The number of carbonyl (C=O) groups excluding carboxylic acids is 1. The van der Waals surface area contributed by atoms with Gasteiger partial charge in [0.2, 0.25) is 0 Å². The molecule has 2 aromatic rings. The Morgan fingerprint density at radius 2 is 2.20 bits per heavy atom. The molecule has 6 nitrogen and oxygen atoms in total. The van der Waals surface area contributed by atoms with Crippen LogP contribution < -0.4 is 5.32 Å². The number of methoxy groups -OCH3 is 1. The highest BCUT2D eigenvalue weighted by Gasteiger charge is 2.16. The van der Waals surface area contributed by atoms with Crippen LogP contribution in [0.15, 0.2) is 22.7 Å². The molecule has 0 bridgehead atoms. The first-order chi connectivity index (χ1) is 9.51. The molecule has 1 aromatic heterocycles. The fraction of sp³-hybridized carbons (Fsp3) is 0.167. The van der Waals surface area contributed by atoms with E-state index in [9.17, 15) is 9.90 Å². The largest absolute Gasteiger partial charge is 0.504 e. The van der Waals surface area contributed by atoms with Crippen molar-refractivity contribution in [2.24, 2.45) is 0 Å². The minimum absolute atomic E-state index is 0.0352. The lowest BCUT2D eigenvalue weighted by atomic mass is 10.2. The lowest BCUT2D eigenvalue weighted by molar-refractivity contribution is 0.101. The average molecular weight is 317 g/mol. The second-order valence-corrected chi connectivity index (χ2v) is 4.69. The molecule has 0 aliphatic carbocycles. The van der Waals surface area contributed by atoms with Crippen molar-refractivity contribution < 1.29 is 19.2 Å². The number of phenols is 1. The van der Waals surface area contributed by atoms with Crippen molar-refractivity contribution in [1.82, 2.24) is 5.16 Å². The van der Waals surface area contributed by atoms with Gasteiger partial charge in [-0.2, -0.15) is 0 Å². The van der Waals surface area contributed by atoms with Crippen LogP contribution in [0.5, 0.6) is 5.75 Å². The van der Waals surface area contributed by atoms with Gasteiger partial charge in [-0.25, -0.2) is 0 Å². The van der Waals surface area contributed by atoms with Crippen molar-refractivity contribution in [3.63, 3.8) is 0 Å². The number of hydrogen-bond donors (Lipinski definition) is 2. The molecule has 0 spiro atoms. The SMILES string of the molecule is COCc1cc(C(=O)Nc2cc(Cl)cc(Cl)c2O)no1. The van der Waals surface area contributed by atoms with Crippen molar-refractivity contribution in [2.75, 3.05) is 12.4 Å². The van der Waals surface area contributed by atoms with E-state index >= 15 is 0 Å². The molecule has 0 unspecified atom stereocenters. The van der Waals surface area contributed by atoms with E-state index in [1.165, 1.54) is 25.3 Å². The molecule has 0 aliphatic heterocycles. The predicted octanol–water partition coefficient (Wildman–Crippen LogP) is 3.09. The van der Waals surface area contributed by atoms with Crippen molar-refractivity contribution in [1.29, 1.82) is 0 Å². The van der Waals surface area contributed by atoms with Gasteiger partial charge >= 0.3 is 0 Å². The predicted molar refractivity (Wildman–Crippen MR) is 73.3 cm³/mol. The van der Waals surface area contributed by atoms with Crippen LogP contribution in [0.2, 0.25) is 10.0 Å². The number of nitrogens with zero attached hydrogens (tertiary/aromatic N) is 1. The number of phenolic OH excluding ortho intramolecular Hbond substituents is 1. The zero-order valence-electron chi connectivity index (χ0n) is 10.3. The Balaban J connectivity index is 2.18. The number of aromatic hydroxyl groups is 1. The summed E-state index contributed by atoms with van der Waals surface area (Å²) in [6.45, 7) is 0.203. The topological polar surface area (TPSA) is 84.6 Å². The number of amides is 1. The Morgan fingerprint density at radius 1 is 1.45 bits per heavy atom. The van der Waals surface area contributed by atoms with Gasteiger partial charge in [0.05, 0.1) is 10.7 Å². The van der Waals surface area contributed by atoms with E-state index in [1.807, 2.05) is 0 Å². The maximum Gasteiger partial charge on any atom is 0.277 e. The molecule has 20 heavy (non-hydrogen) atoms. The van der Waals surface area contributed by atoms with Crippen LogP contribution in [0, 0.1) is 0 Å². The molecule has 0 saturated carbocycles. The zero-order valence-corrected chi connectivity index (χ0v) is 11.8. The van der Waals surface area contributed by atoms with Crippen LogP contribution in [-0.2, 0) is 11.3 Å². The summed E-state index contributed by atoms with van der Waals surface area (Å²) in [7, 11) is 1.49. The van der Waals surface area contributed by atoms with E-state index in [1.54, 1.807) is 0 Å². The van der Waals surface area contributed by atoms with Crippen LogP contribution in [-0.4, -0.2) is 23.3 Å². The monoisotopic (exact) mass is 316 g/mol. The Bertz CT molecular complexity index is 642. The number of hydrogen-bond acceptors (Lipinski definition) is 5. The molecule has 0 aliphatic rings. The van der Waals surface area contributed by atoms with Gasteiger partial charge in [-0.3, -0.25) is 4.79 Å². The molecule has 1 heterocycles. The second kappa shape index (κ2) is 6.13. The minimum atomic E-state index is -0.565. The zero-order chi connectivity index (χ0) is 14.7. The van der Waals surface area contributed by atoms with E-state index in [-0.39, 0.29) is 33.8 Å². The Hall–Kier alpha value is -1.76. The number of benzene rings is 1. The molecule has 1 aromatic carbocycles. The minimum Gasteiger partial charge on any atom is -0.504 e. The van der Waals surface area contributed by atoms with E-state index < -0.39 is 5.91 Å². The number of nitrogens with one attached hydrogen (secondary N) is 1. The lowest BCUT2D eigenvalue weighted by Crippen LogP contribution is -2.12. The summed E-state index contributed by atoms with van der Waals surface area (Å²) in [6.07, 6.45) is 0. The molecule has 0 atom stereocenters. The number of halogens is 2. The van der Waals surface area contributed by atoms with Gasteiger partial charge in [0.1, 0.15) is 6.61 Å². The highest BCUT2D eigenvalue weighted by atomic mass is 35.5. The third kappa shape index (κ3) is 3.22. The van der Waals surface area contributed by atoms with Gasteiger partial charge in [-0.1, -0.05) is 28.4 Å². The quantitative estimate of drug-likeness (QED) is 0.847. The molecular formula is C12H10Cl2N2O4. The fourth-order valence-corrected chi connectivity index (χ4v) is 1.97. The third-order valence-corrected chi connectivity index (χ3v) is 2.86. The first-order valence-corrected chi connectivity index (χ1v) is 6.20. The first kappa shape index (κ1) is 14.6. The van der Waals surface area contributed by atoms with E-state index in [0.29, 0.717) is 5.76 Å². The fourth-order valence-electron chi connectivity index (χ4n) is 1.48.